The largest absolute Gasteiger partial charge is 0.497 e. The Morgan fingerprint density at radius 1 is 1.14 bits per heavy atom. The topological polar surface area (TPSA) is 45.6 Å². The van der Waals surface area contributed by atoms with Crippen molar-refractivity contribution in [2.75, 3.05) is 27.2 Å². The van der Waals surface area contributed by atoms with E-state index in [1.165, 1.54) is 0 Å². The number of rotatable bonds is 2. The molecule has 1 fully saturated rings. The highest BCUT2D eigenvalue weighted by atomic mass is 35.5. The maximum atomic E-state index is 12.1. The van der Waals surface area contributed by atoms with Gasteiger partial charge in [-0.25, -0.2) is 0 Å². The number of ether oxygens (including phenoxy) is 1. The minimum absolute atomic E-state index is 0.400. The van der Waals surface area contributed by atoms with Gasteiger partial charge in [0.2, 0.25) is 0 Å². The number of β-amino-alcohol motifs (C(OH)–C–C–N with tert-alkyl or cyclic N) is 1. The first-order chi connectivity index (χ1) is 13.9. The number of hydrogen-bond acceptors (Lipinski definition) is 4. The molecule has 2 atom stereocenters. The van der Waals surface area contributed by atoms with Crippen molar-refractivity contribution in [1.29, 1.82) is 0 Å². The van der Waals surface area contributed by atoms with Crippen LogP contribution in [0.2, 0.25) is 5.02 Å². The lowest BCUT2D eigenvalue weighted by Gasteiger charge is -2.56. The molecule has 1 N–H and O–H groups in total. The van der Waals surface area contributed by atoms with Crippen LogP contribution >= 0.6 is 11.6 Å². The van der Waals surface area contributed by atoms with Crippen LogP contribution in [0.4, 0.5) is 0 Å². The summed E-state index contributed by atoms with van der Waals surface area (Å²) in [4.78, 5) is 7.21. The van der Waals surface area contributed by atoms with E-state index in [2.05, 4.69) is 30.1 Å². The van der Waals surface area contributed by atoms with Gasteiger partial charge in [-0.2, -0.15) is 0 Å². The number of fused-ring (bicyclic) bond motifs is 3. The molecule has 0 spiro atoms. The monoisotopic (exact) mass is 408 g/mol. The Morgan fingerprint density at radius 3 is 2.79 bits per heavy atom. The van der Waals surface area contributed by atoms with Crippen LogP contribution in [0.3, 0.4) is 0 Å². The molecular weight excluding hydrogens is 384 g/mol. The van der Waals surface area contributed by atoms with Crippen LogP contribution in [0.15, 0.2) is 48.5 Å². The summed E-state index contributed by atoms with van der Waals surface area (Å²) in [5.74, 6) is 0.818. The lowest BCUT2D eigenvalue weighted by molar-refractivity contribution is -0.0976. The second-order valence-corrected chi connectivity index (χ2v) is 9.00. The van der Waals surface area contributed by atoms with Crippen LogP contribution in [0.1, 0.15) is 23.2 Å². The zero-order chi connectivity index (χ0) is 20.2. The molecule has 0 saturated carbocycles. The summed E-state index contributed by atoms with van der Waals surface area (Å²) in [6.45, 7) is 1.57. The summed E-state index contributed by atoms with van der Waals surface area (Å²) >= 11 is 6.44. The quantitative estimate of drug-likeness (QED) is 0.696. The molecule has 5 heteroatoms. The second-order valence-electron chi connectivity index (χ2n) is 8.59. The number of piperidine rings is 1. The third-order valence-corrected chi connectivity index (χ3v) is 7.19. The van der Waals surface area contributed by atoms with Crippen LogP contribution in [0.25, 0.3) is 10.9 Å². The van der Waals surface area contributed by atoms with Crippen molar-refractivity contribution < 1.29 is 9.84 Å². The maximum absolute atomic E-state index is 12.1. The summed E-state index contributed by atoms with van der Waals surface area (Å²) in [5.41, 5.74) is 2.86. The van der Waals surface area contributed by atoms with Gasteiger partial charge in [0.25, 0.3) is 0 Å². The van der Waals surface area contributed by atoms with Gasteiger partial charge in [-0.05, 0) is 55.4 Å². The van der Waals surface area contributed by atoms with Gasteiger partial charge in [0.1, 0.15) is 5.75 Å². The van der Waals surface area contributed by atoms with Crippen LogP contribution in [-0.2, 0) is 18.3 Å². The van der Waals surface area contributed by atoms with Crippen molar-refractivity contribution in [3.63, 3.8) is 0 Å². The summed E-state index contributed by atoms with van der Waals surface area (Å²) < 4.78 is 5.49. The Hall–Kier alpha value is -2.14. The predicted molar refractivity (Wildman–Crippen MR) is 116 cm³/mol. The molecule has 0 unspecified atom stereocenters. The van der Waals surface area contributed by atoms with E-state index in [1.54, 1.807) is 7.11 Å². The van der Waals surface area contributed by atoms with Crippen molar-refractivity contribution in [3.05, 3.63) is 70.4 Å². The van der Waals surface area contributed by atoms with E-state index >= 15 is 0 Å². The molecule has 0 radical (unpaired) electrons. The molecule has 1 aliphatic heterocycles. The molecular formula is C24H25ClN2O2. The van der Waals surface area contributed by atoms with Gasteiger partial charge in [-0.15, -0.1) is 0 Å². The molecule has 2 aromatic carbocycles. The molecule has 150 valence electrons. The van der Waals surface area contributed by atoms with Crippen molar-refractivity contribution in [2.24, 2.45) is 0 Å². The Bertz CT molecular complexity index is 1100. The van der Waals surface area contributed by atoms with Crippen LogP contribution in [0.5, 0.6) is 5.75 Å². The molecule has 2 heterocycles. The first kappa shape index (κ1) is 18.9. The predicted octanol–water partition coefficient (Wildman–Crippen LogP) is 4.00. The molecule has 3 aromatic rings. The number of aromatic nitrogens is 1. The van der Waals surface area contributed by atoms with E-state index in [4.69, 9.17) is 21.3 Å². The zero-order valence-electron chi connectivity index (χ0n) is 16.8. The first-order valence-electron chi connectivity index (χ1n) is 10.1. The van der Waals surface area contributed by atoms with E-state index < -0.39 is 11.0 Å². The van der Waals surface area contributed by atoms with Gasteiger partial charge in [-0.3, -0.25) is 4.98 Å². The maximum Gasteiger partial charge on any atom is 0.119 e. The SMILES string of the molecule is COc1cccc([C@@]23CCN(C)C[C@@]2(O)Cc2cc4cccc(Cl)c4nc2C3)c1. The minimum atomic E-state index is -0.868. The smallest absolute Gasteiger partial charge is 0.119 e. The lowest BCUT2D eigenvalue weighted by Crippen LogP contribution is -2.66. The Labute approximate surface area is 176 Å². The molecule has 0 bridgehead atoms. The van der Waals surface area contributed by atoms with Crippen LogP contribution < -0.4 is 4.74 Å². The molecule has 5 rings (SSSR count). The fourth-order valence-corrected chi connectivity index (χ4v) is 5.58. The van der Waals surface area contributed by atoms with E-state index in [-0.39, 0.29) is 0 Å². The van der Waals surface area contributed by atoms with Gasteiger partial charge >= 0.3 is 0 Å². The van der Waals surface area contributed by atoms with Gasteiger partial charge in [0.15, 0.2) is 0 Å². The molecule has 1 aromatic heterocycles. The van der Waals surface area contributed by atoms with Crippen molar-refractivity contribution in [3.8, 4) is 5.75 Å². The van der Waals surface area contributed by atoms with Gasteiger partial charge in [0.05, 0.1) is 23.3 Å². The van der Waals surface area contributed by atoms with Crippen molar-refractivity contribution in [2.45, 2.75) is 30.3 Å². The van der Waals surface area contributed by atoms with Crippen LogP contribution in [0, 0.1) is 0 Å². The second kappa shape index (κ2) is 6.69. The highest BCUT2D eigenvalue weighted by Gasteiger charge is 2.57. The Morgan fingerprint density at radius 2 is 1.97 bits per heavy atom. The lowest BCUT2D eigenvalue weighted by atomic mass is 9.56. The average Bonchev–Trinajstić information content (AvgIpc) is 2.71. The number of pyridine rings is 1. The standard InChI is InChI=1S/C24H25ClN2O2/c1-27-10-9-23(18-6-4-7-19(12-18)29-2)14-21-17(13-24(23,28)15-27)11-16-5-3-8-20(25)22(16)26-21/h3-8,11-12,28H,9-10,13-15H2,1-2H3/t23-,24-/m0/s1. The van der Waals surface area contributed by atoms with Crippen molar-refractivity contribution >= 4 is 22.5 Å². The van der Waals surface area contributed by atoms with Gasteiger partial charge in [0, 0.05) is 35.9 Å². The third-order valence-electron chi connectivity index (χ3n) is 6.88. The molecule has 1 aliphatic carbocycles. The van der Waals surface area contributed by atoms with E-state index in [9.17, 15) is 5.11 Å². The van der Waals surface area contributed by atoms with Gasteiger partial charge < -0.3 is 14.7 Å². The number of halogens is 1. The third kappa shape index (κ3) is 2.85. The number of methoxy groups -OCH3 is 1. The number of likely N-dealkylation sites (tertiary alicyclic amines) is 1. The molecule has 0 amide bonds. The van der Waals surface area contributed by atoms with Gasteiger partial charge in [-0.1, -0.05) is 35.9 Å². The molecule has 1 saturated heterocycles. The molecule has 4 nitrogen and oxygen atoms in total. The van der Waals surface area contributed by atoms with Crippen molar-refractivity contribution in [1.82, 2.24) is 9.88 Å². The Balaban J connectivity index is 1.72. The Kier molecular flexibility index (Phi) is 4.35. The highest BCUT2D eigenvalue weighted by Crippen LogP contribution is 2.50. The summed E-state index contributed by atoms with van der Waals surface area (Å²) in [7, 11) is 3.77. The number of hydrogen-bond donors (Lipinski definition) is 1. The zero-order valence-corrected chi connectivity index (χ0v) is 17.5. The number of likely N-dealkylation sites (N-methyl/N-ethyl adjacent to an activating group) is 1. The average molecular weight is 409 g/mol. The van der Waals surface area contributed by atoms with E-state index in [0.717, 1.165) is 46.4 Å². The van der Waals surface area contributed by atoms with E-state index in [1.807, 2.05) is 30.3 Å². The number of benzene rings is 2. The molecule has 2 aliphatic rings. The number of para-hydroxylation sites is 1. The normalized spacial score (nSPS) is 26.8. The minimum Gasteiger partial charge on any atom is -0.497 e. The summed E-state index contributed by atoms with van der Waals surface area (Å²) in [5, 5.41) is 13.8. The van der Waals surface area contributed by atoms with E-state index in [0.29, 0.717) is 24.4 Å². The van der Waals surface area contributed by atoms with Crippen LogP contribution in [-0.4, -0.2) is 47.8 Å². The first-order valence-corrected chi connectivity index (χ1v) is 10.4. The number of nitrogens with zero attached hydrogens (tertiary/aromatic N) is 2. The fourth-order valence-electron chi connectivity index (χ4n) is 5.36. The highest BCUT2D eigenvalue weighted by molar-refractivity contribution is 6.35. The fraction of sp³-hybridized carbons (Fsp3) is 0.375. The summed E-state index contributed by atoms with van der Waals surface area (Å²) in [6, 6.07) is 16.2. The number of aliphatic hydroxyl groups is 1. The summed E-state index contributed by atoms with van der Waals surface area (Å²) in [6.07, 6.45) is 2.15. The molecule has 29 heavy (non-hydrogen) atoms.